The number of hydrogen-bond donors (Lipinski definition) is 0. The summed E-state index contributed by atoms with van der Waals surface area (Å²) in [5.41, 5.74) is -1.89. The van der Waals surface area contributed by atoms with E-state index in [1.165, 1.54) is 6.07 Å². The second-order valence-corrected chi connectivity index (χ2v) is 3.52. The molecule has 0 N–H and O–H groups in total. The van der Waals surface area contributed by atoms with Crippen molar-refractivity contribution in [1.29, 1.82) is 5.26 Å². The van der Waals surface area contributed by atoms with Crippen LogP contribution < -0.4 is 4.74 Å². The third-order valence-corrected chi connectivity index (χ3v) is 2.30. The summed E-state index contributed by atoms with van der Waals surface area (Å²) in [6.45, 7) is 0. The van der Waals surface area contributed by atoms with Gasteiger partial charge < -0.3 is 4.74 Å². The Hall–Kier alpha value is -1.43. The Morgan fingerprint density at radius 2 is 2.06 bits per heavy atom. The Morgan fingerprint density at radius 3 is 2.44 bits per heavy atom. The van der Waals surface area contributed by atoms with Crippen LogP contribution >= 0.6 is 15.9 Å². The molecule has 0 amide bonds. The molecule has 0 spiro atoms. The molecule has 0 bridgehead atoms. The minimum Gasteiger partial charge on any atom is -0.404 e. The van der Waals surface area contributed by atoms with Crippen molar-refractivity contribution < 1.29 is 26.7 Å². The molecule has 1 aromatic heterocycles. The van der Waals surface area contributed by atoms with Crippen LogP contribution in [0.25, 0.3) is 0 Å². The predicted octanol–water partition coefficient (Wildman–Crippen LogP) is 3.68. The van der Waals surface area contributed by atoms with Crippen LogP contribution in [0.4, 0.5) is 22.0 Å². The molecule has 1 rings (SSSR count). The summed E-state index contributed by atoms with van der Waals surface area (Å²) in [6, 6.07) is 1.95. The third-order valence-electron chi connectivity index (χ3n) is 1.77. The molecule has 0 aromatic carbocycles. The molecular weight excluding hydrogens is 327 g/mol. The van der Waals surface area contributed by atoms with Gasteiger partial charge >= 0.3 is 6.36 Å². The second kappa shape index (κ2) is 5.48. The highest BCUT2D eigenvalue weighted by Gasteiger charge is 2.33. The van der Waals surface area contributed by atoms with E-state index in [-0.39, 0.29) is 11.0 Å². The summed E-state index contributed by atoms with van der Waals surface area (Å²) < 4.78 is 64.8. The van der Waals surface area contributed by atoms with E-state index in [2.05, 4.69) is 25.7 Å². The van der Waals surface area contributed by atoms with Crippen molar-refractivity contribution in [3.63, 3.8) is 0 Å². The van der Waals surface area contributed by atoms with E-state index in [1.54, 1.807) is 0 Å². The highest BCUT2D eigenvalue weighted by molar-refractivity contribution is 9.08. The summed E-state index contributed by atoms with van der Waals surface area (Å²) in [7, 11) is 0. The fraction of sp³-hybridized carbons (Fsp3) is 0.333. The van der Waals surface area contributed by atoms with Crippen molar-refractivity contribution in [2.24, 2.45) is 0 Å². The molecule has 98 valence electrons. The molecule has 0 radical (unpaired) electrons. The average Bonchev–Trinajstić information content (AvgIpc) is 2.25. The van der Waals surface area contributed by atoms with Crippen LogP contribution in [-0.4, -0.2) is 11.3 Å². The van der Waals surface area contributed by atoms with Gasteiger partial charge in [0.25, 0.3) is 6.43 Å². The van der Waals surface area contributed by atoms with Crippen molar-refractivity contribution >= 4 is 15.9 Å². The van der Waals surface area contributed by atoms with Gasteiger partial charge in [0.1, 0.15) is 11.8 Å². The number of pyridine rings is 1. The van der Waals surface area contributed by atoms with Crippen molar-refractivity contribution in [3.8, 4) is 11.8 Å². The Morgan fingerprint density at radius 1 is 1.44 bits per heavy atom. The molecule has 0 fully saturated rings. The van der Waals surface area contributed by atoms with Crippen molar-refractivity contribution in [1.82, 2.24) is 4.98 Å². The zero-order valence-corrected chi connectivity index (χ0v) is 10.0. The highest BCUT2D eigenvalue weighted by atomic mass is 79.9. The lowest BCUT2D eigenvalue weighted by molar-refractivity contribution is -0.275. The minimum atomic E-state index is -4.99. The maximum Gasteiger partial charge on any atom is 0.573 e. The second-order valence-electron chi connectivity index (χ2n) is 2.96. The van der Waals surface area contributed by atoms with Gasteiger partial charge in [-0.25, -0.2) is 13.8 Å². The summed E-state index contributed by atoms with van der Waals surface area (Å²) in [4.78, 5) is 3.30. The van der Waals surface area contributed by atoms with Gasteiger partial charge in [-0.2, -0.15) is 5.26 Å². The molecule has 3 nitrogen and oxygen atoms in total. The van der Waals surface area contributed by atoms with Crippen molar-refractivity contribution in [3.05, 3.63) is 23.0 Å². The van der Waals surface area contributed by atoms with E-state index in [0.29, 0.717) is 6.07 Å². The minimum absolute atomic E-state index is 0.218. The van der Waals surface area contributed by atoms with Gasteiger partial charge in [-0.15, -0.1) is 13.2 Å². The molecule has 1 aromatic rings. The van der Waals surface area contributed by atoms with Crippen molar-refractivity contribution in [2.75, 3.05) is 0 Å². The van der Waals surface area contributed by atoms with Crippen LogP contribution in [0.2, 0.25) is 0 Å². The lowest BCUT2D eigenvalue weighted by Gasteiger charge is -2.13. The maximum absolute atomic E-state index is 12.5. The largest absolute Gasteiger partial charge is 0.573 e. The average molecular weight is 331 g/mol. The van der Waals surface area contributed by atoms with E-state index >= 15 is 0 Å². The molecule has 1 heterocycles. The van der Waals surface area contributed by atoms with Crippen LogP contribution in [0.1, 0.15) is 23.4 Å². The predicted molar refractivity (Wildman–Crippen MR) is 53.2 cm³/mol. The summed E-state index contributed by atoms with van der Waals surface area (Å²) in [5.74, 6) is -0.777. The van der Waals surface area contributed by atoms with Crippen LogP contribution in [0, 0.1) is 11.3 Å². The summed E-state index contributed by atoms with van der Waals surface area (Å²) in [6.07, 6.45) is -8.05. The number of ether oxygens (including phenoxy) is 1. The van der Waals surface area contributed by atoms with E-state index in [0.717, 1.165) is 0 Å². The molecule has 0 atom stereocenters. The number of aromatic nitrogens is 1. The zero-order valence-electron chi connectivity index (χ0n) is 8.43. The van der Waals surface area contributed by atoms with Gasteiger partial charge in [-0.05, 0) is 0 Å². The Balaban J connectivity index is 3.32. The van der Waals surface area contributed by atoms with E-state index < -0.39 is 29.8 Å². The molecule has 0 aliphatic rings. The van der Waals surface area contributed by atoms with Crippen LogP contribution in [-0.2, 0) is 5.33 Å². The molecular formula is C9H4BrF5N2O. The number of nitriles is 1. The van der Waals surface area contributed by atoms with E-state index in [1.807, 2.05) is 0 Å². The first kappa shape index (κ1) is 14.6. The number of halogens is 6. The van der Waals surface area contributed by atoms with E-state index in [9.17, 15) is 22.0 Å². The zero-order chi connectivity index (χ0) is 13.9. The molecule has 0 aliphatic carbocycles. The van der Waals surface area contributed by atoms with Crippen LogP contribution in [0.5, 0.6) is 5.75 Å². The summed E-state index contributed by atoms with van der Waals surface area (Å²) >= 11 is 2.81. The number of hydrogen-bond acceptors (Lipinski definition) is 3. The fourth-order valence-corrected chi connectivity index (χ4v) is 1.52. The molecule has 9 heteroatoms. The lowest BCUT2D eigenvalue weighted by Crippen LogP contribution is -2.19. The number of rotatable bonds is 3. The van der Waals surface area contributed by atoms with Crippen LogP contribution in [0.15, 0.2) is 6.07 Å². The van der Waals surface area contributed by atoms with E-state index in [4.69, 9.17) is 5.26 Å². The first-order valence-corrected chi connectivity index (χ1v) is 5.44. The van der Waals surface area contributed by atoms with Gasteiger partial charge in [0, 0.05) is 11.4 Å². The Bertz CT molecular complexity index is 483. The first-order valence-electron chi connectivity index (χ1n) is 4.32. The lowest BCUT2D eigenvalue weighted by atomic mass is 10.2. The van der Waals surface area contributed by atoms with Gasteiger partial charge in [-0.1, -0.05) is 15.9 Å². The maximum atomic E-state index is 12.5. The topological polar surface area (TPSA) is 45.9 Å². The third kappa shape index (κ3) is 3.53. The van der Waals surface area contributed by atoms with Gasteiger partial charge in [0.15, 0.2) is 5.75 Å². The molecule has 0 aliphatic heterocycles. The van der Waals surface area contributed by atoms with Crippen molar-refractivity contribution in [2.45, 2.75) is 18.1 Å². The first-order chi connectivity index (χ1) is 8.28. The molecule has 0 unspecified atom stereocenters. The standard InChI is InChI=1S/C9H4BrF5N2O/c10-2-5-6(18-9(13,14)15)1-4(3-16)7(17-5)8(11)12/h1,8H,2H2. The fourth-order valence-electron chi connectivity index (χ4n) is 1.11. The van der Waals surface area contributed by atoms with Gasteiger partial charge in [-0.3, -0.25) is 0 Å². The summed E-state index contributed by atoms with van der Waals surface area (Å²) in [5, 5.41) is 8.36. The highest BCUT2D eigenvalue weighted by Crippen LogP contribution is 2.31. The van der Waals surface area contributed by atoms with Crippen LogP contribution in [0.3, 0.4) is 0 Å². The normalized spacial score (nSPS) is 11.4. The smallest absolute Gasteiger partial charge is 0.404 e. The van der Waals surface area contributed by atoms with Gasteiger partial charge in [0.05, 0.1) is 11.3 Å². The molecule has 18 heavy (non-hydrogen) atoms. The van der Waals surface area contributed by atoms with Gasteiger partial charge in [0.2, 0.25) is 0 Å². The quantitative estimate of drug-likeness (QED) is 0.627. The molecule has 0 saturated carbocycles. The Labute approximate surface area is 106 Å². The number of alkyl halides is 6. The Kier molecular flexibility index (Phi) is 4.45. The molecule has 0 saturated heterocycles. The monoisotopic (exact) mass is 330 g/mol. The number of nitrogens with zero attached hydrogens (tertiary/aromatic N) is 2. The SMILES string of the molecule is N#Cc1cc(OC(F)(F)F)c(CBr)nc1C(F)F.